The van der Waals surface area contributed by atoms with Crippen LogP contribution in [0.1, 0.15) is 65.7 Å². The highest BCUT2D eigenvalue weighted by atomic mass is 16.3. The first-order chi connectivity index (χ1) is 10.0. The molecule has 0 saturated heterocycles. The van der Waals surface area contributed by atoms with Gasteiger partial charge in [-0.3, -0.25) is 0 Å². The minimum Gasteiger partial charge on any atom is -0.392 e. The second-order valence-electron chi connectivity index (χ2n) is 6.52. The largest absolute Gasteiger partial charge is 0.392 e. The minimum atomic E-state index is 0.113. The van der Waals surface area contributed by atoms with Gasteiger partial charge in [0.2, 0.25) is 0 Å². The molecule has 1 atom stereocenters. The predicted octanol–water partition coefficient (Wildman–Crippen LogP) is 5.73. The molecule has 0 amide bonds. The maximum absolute atomic E-state index is 9.38. The van der Waals surface area contributed by atoms with Crippen molar-refractivity contribution in [1.29, 1.82) is 0 Å². The van der Waals surface area contributed by atoms with Crippen LogP contribution in [0.5, 0.6) is 0 Å². The van der Waals surface area contributed by atoms with Gasteiger partial charge in [-0.2, -0.15) is 0 Å². The van der Waals surface area contributed by atoms with E-state index >= 15 is 0 Å². The van der Waals surface area contributed by atoms with Crippen molar-refractivity contribution >= 4 is 0 Å². The van der Waals surface area contributed by atoms with E-state index in [1.165, 1.54) is 23.1 Å². The average Bonchev–Trinajstić information content (AvgIpc) is 2.45. The highest BCUT2D eigenvalue weighted by molar-refractivity contribution is 5.11. The molecule has 1 aliphatic carbocycles. The van der Waals surface area contributed by atoms with Crippen LogP contribution in [-0.4, -0.2) is 11.7 Å². The van der Waals surface area contributed by atoms with Crippen LogP contribution in [0.4, 0.5) is 0 Å². The molecule has 1 N–H and O–H groups in total. The third-order valence-corrected chi connectivity index (χ3v) is 4.48. The summed E-state index contributed by atoms with van der Waals surface area (Å²) >= 11 is 0. The molecule has 0 heterocycles. The Kier molecular flexibility index (Phi) is 8.37. The van der Waals surface area contributed by atoms with Crippen LogP contribution < -0.4 is 0 Å². The van der Waals surface area contributed by atoms with E-state index in [0.717, 1.165) is 44.1 Å². The molecule has 1 aliphatic rings. The van der Waals surface area contributed by atoms with Crippen LogP contribution in [-0.2, 0) is 0 Å². The smallest absolute Gasteiger partial charge is 0.0641 e. The van der Waals surface area contributed by atoms with Gasteiger partial charge in [-0.25, -0.2) is 0 Å². The number of rotatable bonds is 2. The van der Waals surface area contributed by atoms with Crippen molar-refractivity contribution in [2.45, 2.75) is 65.7 Å². The van der Waals surface area contributed by atoms with Crippen molar-refractivity contribution < 1.29 is 5.11 Å². The summed E-state index contributed by atoms with van der Waals surface area (Å²) < 4.78 is 0. The van der Waals surface area contributed by atoms with Gasteiger partial charge in [0.25, 0.3) is 0 Å². The Hall–Kier alpha value is -1.08. The molecule has 0 aromatic carbocycles. The maximum Gasteiger partial charge on any atom is 0.0641 e. The summed E-state index contributed by atoms with van der Waals surface area (Å²) in [5.41, 5.74) is 5.42. The number of hydrogen-bond acceptors (Lipinski definition) is 1. The fraction of sp³-hybridized carbons (Fsp3) is 0.600. The lowest BCUT2D eigenvalue weighted by Crippen LogP contribution is -2.07. The topological polar surface area (TPSA) is 20.2 Å². The molecular formula is C20H32O. The van der Waals surface area contributed by atoms with Gasteiger partial charge < -0.3 is 5.11 Å². The Bertz CT molecular complexity index is 423. The number of allylic oxidation sites excluding steroid dienone is 6. The van der Waals surface area contributed by atoms with Crippen molar-refractivity contribution in [3.63, 3.8) is 0 Å². The first-order valence-corrected chi connectivity index (χ1v) is 8.28. The van der Waals surface area contributed by atoms with Gasteiger partial charge in [-0.05, 0) is 77.2 Å². The second-order valence-corrected chi connectivity index (χ2v) is 6.52. The van der Waals surface area contributed by atoms with E-state index in [1.54, 1.807) is 0 Å². The van der Waals surface area contributed by atoms with Gasteiger partial charge in [0.15, 0.2) is 0 Å². The second kappa shape index (κ2) is 9.78. The zero-order valence-corrected chi connectivity index (χ0v) is 14.1. The Morgan fingerprint density at radius 2 is 1.52 bits per heavy atom. The van der Waals surface area contributed by atoms with E-state index in [4.69, 9.17) is 0 Å². The molecule has 0 saturated carbocycles. The molecule has 0 radical (unpaired) electrons. The fourth-order valence-electron chi connectivity index (χ4n) is 2.76. The Labute approximate surface area is 131 Å². The third-order valence-electron chi connectivity index (χ3n) is 4.48. The molecule has 118 valence electrons. The summed E-state index contributed by atoms with van der Waals surface area (Å²) in [5, 5.41) is 9.38. The summed E-state index contributed by atoms with van der Waals surface area (Å²) in [6.07, 6.45) is 14.9. The van der Waals surface area contributed by atoms with E-state index in [-0.39, 0.29) is 6.61 Å². The zero-order valence-electron chi connectivity index (χ0n) is 14.1. The van der Waals surface area contributed by atoms with Gasteiger partial charge in [0.05, 0.1) is 6.61 Å². The van der Waals surface area contributed by atoms with Gasteiger partial charge >= 0.3 is 0 Å². The van der Waals surface area contributed by atoms with E-state index in [9.17, 15) is 5.11 Å². The molecule has 0 fully saturated rings. The number of aliphatic hydroxyl groups excluding tert-OH is 1. The van der Waals surface area contributed by atoms with Crippen molar-refractivity contribution in [1.82, 2.24) is 0 Å². The van der Waals surface area contributed by atoms with Crippen LogP contribution in [0, 0.1) is 5.92 Å². The molecule has 0 aliphatic heterocycles. The zero-order chi connectivity index (χ0) is 15.7. The van der Waals surface area contributed by atoms with Crippen LogP contribution >= 0.6 is 0 Å². The standard InChI is InChI=1S/C20H32O/c1-16-7-5-9-17(2)11-13-20(19(4)15-21)14-12-18(3)10-6-8-16/h7,10-11,20-21H,4-6,8-9,12-15H2,1-3H3/b16-7-,17-11-,18-10-/t20-/m0/s1. The van der Waals surface area contributed by atoms with Crippen LogP contribution in [0.2, 0.25) is 0 Å². The lowest BCUT2D eigenvalue weighted by Gasteiger charge is -2.17. The average molecular weight is 288 g/mol. The van der Waals surface area contributed by atoms with Crippen molar-refractivity contribution in [2.24, 2.45) is 5.92 Å². The maximum atomic E-state index is 9.38. The Morgan fingerprint density at radius 3 is 2.10 bits per heavy atom. The molecule has 0 aromatic rings. The summed E-state index contributed by atoms with van der Waals surface area (Å²) in [4.78, 5) is 0. The monoisotopic (exact) mass is 288 g/mol. The van der Waals surface area contributed by atoms with Gasteiger partial charge in [0, 0.05) is 0 Å². The first kappa shape index (κ1) is 18.0. The lowest BCUT2D eigenvalue weighted by molar-refractivity contribution is 0.311. The van der Waals surface area contributed by atoms with Gasteiger partial charge in [-0.1, -0.05) is 41.5 Å². The van der Waals surface area contributed by atoms with Crippen molar-refractivity contribution in [3.8, 4) is 0 Å². The molecular weight excluding hydrogens is 256 g/mol. The number of aliphatic hydroxyl groups is 1. The predicted molar refractivity (Wildman–Crippen MR) is 93.3 cm³/mol. The highest BCUT2D eigenvalue weighted by Gasteiger charge is 2.11. The van der Waals surface area contributed by atoms with Crippen LogP contribution in [0.25, 0.3) is 0 Å². The molecule has 0 aromatic heterocycles. The van der Waals surface area contributed by atoms with Crippen LogP contribution in [0.3, 0.4) is 0 Å². The van der Waals surface area contributed by atoms with E-state index in [1.807, 2.05) is 0 Å². The number of hydrogen-bond donors (Lipinski definition) is 1. The van der Waals surface area contributed by atoms with Crippen LogP contribution in [0.15, 0.2) is 47.1 Å². The Morgan fingerprint density at radius 1 is 1.00 bits per heavy atom. The molecule has 1 heteroatoms. The fourth-order valence-corrected chi connectivity index (χ4v) is 2.76. The van der Waals surface area contributed by atoms with Gasteiger partial charge in [0.1, 0.15) is 0 Å². The normalized spacial score (nSPS) is 30.1. The summed E-state index contributed by atoms with van der Waals surface area (Å²) in [6, 6.07) is 0. The molecule has 21 heavy (non-hydrogen) atoms. The third kappa shape index (κ3) is 7.47. The summed E-state index contributed by atoms with van der Waals surface area (Å²) in [5.74, 6) is 0.411. The summed E-state index contributed by atoms with van der Waals surface area (Å²) in [7, 11) is 0. The van der Waals surface area contributed by atoms with E-state index < -0.39 is 0 Å². The van der Waals surface area contributed by atoms with Crippen molar-refractivity contribution in [2.75, 3.05) is 6.61 Å². The lowest BCUT2D eigenvalue weighted by atomic mass is 9.89. The van der Waals surface area contributed by atoms with Gasteiger partial charge in [-0.15, -0.1) is 0 Å². The van der Waals surface area contributed by atoms with Crippen molar-refractivity contribution in [3.05, 3.63) is 47.1 Å². The Balaban J connectivity index is 2.80. The summed E-state index contributed by atoms with van der Waals surface area (Å²) in [6.45, 7) is 10.9. The minimum absolute atomic E-state index is 0.113. The molecule has 0 unspecified atom stereocenters. The van der Waals surface area contributed by atoms with E-state index in [2.05, 4.69) is 45.6 Å². The molecule has 0 spiro atoms. The quantitative estimate of drug-likeness (QED) is 0.643. The first-order valence-electron chi connectivity index (χ1n) is 8.28. The SMILES string of the molecule is C=C(CO)[C@H]1C/C=C(/C)CC/C=C(/C)CC/C=C(/C)CC1. The molecule has 1 rings (SSSR count). The van der Waals surface area contributed by atoms with E-state index in [0.29, 0.717) is 5.92 Å². The molecule has 1 nitrogen and oxygen atoms in total. The highest BCUT2D eigenvalue weighted by Crippen LogP contribution is 2.24. The molecule has 0 bridgehead atoms.